The van der Waals surface area contributed by atoms with Gasteiger partial charge in [-0.3, -0.25) is 29.0 Å². The van der Waals surface area contributed by atoms with E-state index in [0.29, 0.717) is 0 Å². The van der Waals surface area contributed by atoms with Crippen molar-refractivity contribution in [2.75, 3.05) is 0 Å². The molecule has 0 bridgehead atoms. The summed E-state index contributed by atoms with van der Waals surface area (Å²) in [6.45, 7) is 0. The Morgan fingerprint density at radius 3 is 2.10 bits per heavy atom. The van der Waals surface area contributed by atoms with Gasteiger partial charge in [0.15, 0.2) is 0 Å². The minimum absolute atomic E-state index is 0.0906. The molecule has 2 heterocycles. The number of fused-ring (bicyclic) bond motifs is 1. The summed E-state index contributed by atoms with van der Waals surface area (Å²) in [6, 6.07) is 5.48. The summed E-state index contributed by atoms with van der Waals surface area (Å²) in [4.78, 5) is 49.7. The molecule has 3 rings (SSSR count). The molecule has 0 aromatic heterocycles. The van der Waals surface area contributed by atoms with E-state index in [1.807, 2.05) is 0 Å². The van der Waals surface area contributed by atoms with Crippen LogP contribution in [-0.4, -0.2) is 39.5 Å². The lowest BCUT2D eigenvalue weighted by atomic mass is 10.0. The van der Waals surface area contributed by atoms with Gasteiger partial charge in [0, 0.05) is 13.5 Å². The lowest BCUT2D eigenvalue weighted by Crippen LogP contribution is -2.54. The molecule has 0 aliphatic carbocycles. The van der Waals surface area contributed by atoms with Crippen molar-refractivity contribution < 1.29 is 19.2 Å². The van der Waals surface area contributed by atoms with Crippen molar-refractivity contribution in [2.45, 2.75) is 18.9 Å². The van der Waals surface area contributed by atoms with E-state index in [1.165, 1.54) is 0 Å². The number of amides is 4. The molecule has 1 unspecified atom stereocenters. The number of benzene rings is 1. The molecule has 1 atom stereocenters. The molecule has 1 fully saturated rings. The van der Waals surface area contributed by atoms with Crippen molar-refractivity contribution in [1.82, 2.24) is 9.80 Å². The molecule has 20 heavy (non-hydrogen) atoms. The van der Waals surface area contributed by atoms with Crippen LogP contribution in [0.3, 0.4) is 0 Å². The molecule has 101 valence electrons. The molecule has 1 radical (unpaired) electrons. The van der Waals surface area contributed by atoms with E-state index in [9.17, 15) is 19.2 Å². The molecular weight excluding hydrogens is 260 g/mol. The lowest BCUT2D eigenvalue weighted by molar-refractivity contribution is -0.148. The molecule has 6 heteroatoms. The smallest absolute Gasteiger partial charge is 0.262 e. The SMILES string of the molecule is [CH2]N1C(=O)CCC(N2C(=O)c3ccccc3C2=O)C1=O. The first-order valence-corrected chi connectivity index (χ1v) is 6.16. The zero-order valence-electron chi connectivity index (χ0n) is 10.5. The van der Waals surface area contributed by atoms with Crippen LogP contribution in [0.4, 0.5) is 0 Å². The Balaban J connectivity index is 1.97. The van der Waals surface area contributed by atoms with Gasteiger partial charge in [-0.1, -0.05) is 12.1 Å². The summed E-state index contributed by atoms with van der Waals surface area (Å²) < 4.78 is 0. The fourth-order valence-electron chi connectivity index (χ4n) is 2.55. The predicted molar refractivity (Wildman–Crippen MR) is 67.2 cm³/mol. The van der Waals surface area contributed by atoms with Gasteiger partial charge >= 0.3 is 0 Å². The van der Waals surface area contributed by atoms with Crippen LogP contribution in [0.2, 0.25) is 0 Å². The largest absolute Gasteiger partial charge is 0.279 e. The molecule has 1 aromatic carbocycles. The van der Waals surface area contributed by atoms with Gasteiger partial charge in [-0.2, -0.15) is 0 Å². The highest BCUT2D eigenvalue weighted by Crippen LogP contribution is 2.28. The molecule has 2 aliphatic heterocycles. The Morgan fingerprint density at radius 1 is 1.00 bits per heavy atom. The van der Waals surface area contributed by atoms with E-state index in [4.69, 9.17) is 0 Å². The average molecular weight is 271 g/mol. The summed E-state index contributed by atoms with van der Waals surface area (Å²) in [5.41, 5.74) is 0.579. The quantitative estimate of drug-likeness (QED) is 0.701. The van der Waals surface area contributed by atoms with Crippen molar-refractivity contribution in [3.8, 4) is 0 Å². The zero-order chi connectivity index (χ0) is 14.4. The van der Waals surface area contributed by atoms with E-state index in [2.05, 4.69) is 7.05 Å². The second kappa shape index (κ2) is 4.26. The molecule has 0 N–H and O–H groups in total. The standard InChI is InChI=1S/C14H11N2O4/c1-15-11(17)7-6-10(14(15)20)16-12(18)8-4-2-3-5-9(8)13(16)19/h2-5,10H,1,6-7H2. The van der Waals surface area contributed by atoms with Crippen LogP contribution in [0.15, 0.2) is 24.3 Å². The zero-order valence-corrected chi connectivity index (χ0v) is 10.5. The minimum atomic E-state index is -0.947. The molecule has 4 amide bonds. The van der Waals surface area contributed by atoms with Gasteiger partial charge in [0.25, 0.3) is 17.7 Å². The topological polar surface area (TPSA) is 74.8 Å². The van der Waals surface area contributed by atoms with Gasteiger partial charge in [0.1, 0.15) is 6.04 Å². The first-order valence-electron chi connectivity index (χ1n) is 6.16. The van der Waals surface area contributed by atoms with Gasteiger partial charge in [0.05, 0.1) is 11.1 Å². The van der Waals surface area contributed by atoms with Crippen LogP contribution in [0.25, 0.3) is 0 Å². The third kappa shape index (κ3) is 1.57. The van der Waals surface area contributed by atoms with E-state index in [-0.39, 0.29) is 24.0 Å². The van der Waals surface area contributed by atoms with Crippen LogP contribution in [0.5, 0.6) is 0 Å². The normalized spacial score (nSPS) is 22.6. The fraction of sp³-hybridized carbons (Fsp3) is 0.214. The average Bonchev–Trinajstić information content (AvgIpc) is 2.70. The molecular formula is C14H11N2O4. The van der Waals surface area contributed by atoms with E-state index < -0.39 is 29.7 Å². The van der Waals surface area contributed by atoms with Gasteiger partial charge in [0.2, 0.25) is 5.91 Å². The Bertz CT molecular complexity index is 617. The van der Waals surface area contributed by atoms with E-state index in [1.54, 1.807) is 24.3 Å². The van der Waals surface area contributed by atoms with Crippen molar-refractivity contribution >= 4 is 23.6 Å². The van der Waals surface area contributed by atoms with Crippen molar-refractivity contribution in [2.24, 2.45) is 0 Å². The van der Waals surface area contributed by atoms with E-state index >= 15 is 0 Å². The molecule has 1 saturated heterocycles. The number of hydrogen-bond donors (Lipinski definition) is 0. The molecule has 0 saturated carbocycles. The highest BCUT2D eigenvalue weighted by atomic mass is 16.2. The first-order chi connectivity index (χ1) is 9.52. The van der Waals surface area contributed by atoms with Gasteiger partial charge in [-0.15, -0.1) is 0 Å². The summed E-state index contributed by atoms with van der Waals surface area (Å²) in [7, 11) is 3.37. The number of nitrogens with zero attached hydrogens (tertiary/aromatic N) is 2. The van der Waals surface area contributed by atoms with Crippen molar-refractivity contribution in [3.05, 3.63) is 42.4 Å². The second-order valence-corrected chi connectivity index (χ2v) is 4.74. The maximum atomic E-state index is 12.3. The first kappa shape index (κ1) is 12.5. The monoisotopic (exact) mass is 271 g/mol. The Labute approximate surface area is 115 Å². The molecule has 6 nitrogen and oxygen atoms in total. The van der Waals surface area contributed by atoms with E-state index in [0.717, 1.165) is 9.80 Å². The third-order valence-corrected chi connectivity index (χ3v) is 3.62. The highest BCUT2D eigenvalue weighted by molar-refractivity contribution is 6.23. The molecule has 2 aliphatic rings. The number of likely N-dealkylation sites (tertiary alicyclic amines) is 1. The summed E-state index contributed by atoms with van der Waals surface area (Å²) in [5.74, 6) is -2.00. The van der Waals surface area contributed by atoms with Crippen LogP contribution < -0.4 is 0 Å². The number of carbonyl (C=O) groups is 4. The van der Waals surface area contributed by atoms with Crippen LogP contribution in [0.1, 0.15) is 33.6 Å². The van der Waals surface area contributed by atoms with Gasteiger partial charge in [-0.05, 0) is 18.6 Å². The van der Waals surface area contributed by atoms with Gasteiger partial charge < -0.3 is 0 Å². The van der Waals surface area contributed by atoms with Crippen molar-refractivity contribution in [1.29, 1.82) is 0 Å². The molecule has 0 spiro atoms. The minimum Gasteiger partial charge on any atom is -0.279 e. The summed E-state index contributed by atoms with van der Waals surface area (Å²) >= 11 is 0. The van der Waals surface area contributed by atoms with Crippen LogP contribution in [0, 0.1) is 7.05 Å². The Morgan fingerprint density at radius 2 is 1.55 bits per heavy atom. The second-order valence-electron chi connectivity index (χ2n) is 4.74. The number of hydrogen-bond acceptors (Lipinski definition) is 4. The Hall–Kier alpha value is -2.50. The van der Waals surface area contributed by atoms with Crippen molar-refractivity contribution in [3.63, 3.8) is 0 Å². The van der Waals surface area contributed by atoms with Crippen LogP contribution in [-0.2, 0) is 9.59 Å². The molecule has 1 aromatic rings. The Kier molecular flexibility index (Phi) is 2.67. The van der Waals surface area contributed by atoms with Crippen LogP contribution >= 0.6 is 0 Å². The summed E-state index contributed by atoms with van der Waals surface area (Å²) in [5, 5.41) is 0. The number of rotatable bonds is 1. The number of piperidine rings is 1. The van der Waals surface area contributed by atoms with Gasteiger partial charge in [-0.25, -0.2) is 0 Å². The highest BCUT2D eigenvalue weighted by Gasteiger charge is 2.45. The predicted octanol–water partition coefficient (Wildman–Crippen LogP) is 0.592. The number of carbonyl (C=O) groups excluding carboxylic acids is 4. The number of imide groups is 2. The third-order valence-electron chi connectivity index (χ3n) is 3.62. The fourth-order valence-corrected chi connectivity index (χ4v) is 2.55. The maximum Gasteiger partial charge on any atom is 0.262 e. The maximum absolute atomic E-state index is 12.3. The lowest BCUT2D eigenvalue weighted by Gasteiger charge is -2.32. The summed E-state index contributed by atoms with van der Waals surface area (Å²) in [6.07, 6.45) is 0.239.